The number of amides is 4. The summed E-state index contributed by atoms with van der Waals surface area (Å²) in [5.41, 5.74) is 0. The van der Waals surface area contributed by atoms with Crippen molar-refractivity contribution in [1.82, 2.24) is 20.4 Å². The molecule has 0 spiro atoms. The van der Waals surface area contributed by atoms with Gasteiger partial charge in [-0.1, -0.05) is 26.0 Å². The van der Waals surface area contributed by atoms with Gasteiger partial charge in [-0.3, -0.25) is 24.0 Å². The van der Waals surface area contributed by atoms with Crippen LogP contribution in [-0.2, 0) is 24.0 Å². The largest absolute Gasteiger partial charge is 0.354 e. The highest BCUT2D eigenvalue weighted by atomic mass is 16.2. The molecule has 1 saturated heterocycles. The Morgan fingerprint density at radius 2 is 1.77 bits per heavy atom. The second-order valence-corrected chi connectivity index (χ2v) is 7.64. The molecule has 1 fully saturated rings. The molecule has 0 aliphatic carbocycles. The zero-order chi connectivity index (χ0) is 22.8. The molecule has 4 amide bonds. The summed E-state index contributed by atoms with van der Waals surface area (Å²) in [5, 5.41) is 5.42. The van der Waals surface area contributed by atoms with Gasteiger partial charge in [0.25, 0.3) is 0 Å². The van der Waals surface area contributed by atoms with Crippen LogP contribution < -0.4 is 10.6 Å². The first-order valence-corrected chi connectivity index (χ1v) is 10.0. The number of hydrogen-bond acceptors (Lipinski definition) is 5. The summed E-state index contributed by atoms with van der Waals surface area (Å²) in [6, 6.07) is -2.29. The van der Waals surface area contributed by atoms with Crippen LogP contribution in [0.4, 0.5) is 0 Å². The van der Waals surface area contributed by atoms with E-state index in [0.717, 1.165) is 0 Å². The van der Waals surface area contributed by atoms with E-state index in [0.29, 0.717) is 25.7 Å². The number of likely N-dealkylation sites (N-methyl/N-ethyl adjacent to an activating group) is 2. The summed E-state index contributed by atoms with van der Waals surface area (Å²) in [5.74, 6) is -1.68. The SMILES string of the molecule is CC(C)[C@H]1C(=O)N(C)[C@@H](C)C(=O)NCCC[C@H](NC(=O)/C=C/C=C/C=O)C(=O)N1C. The predicted molar refractivity (Wildman–Crippen MR) is 112 cm³/mol. The third-order valence-corrected chi connectivity index (χ3v) is 5.09. The maximum Gasteiger partial charge on any atom is 0.246 e. The standard InChI is InChI=1S/C21H32N4O5/c1-14(2)18-21(30)24(4)15(3)19(28)22-12-9-10-16(20(29)25(18)5)23-17(27)11-7-6-8-13-26/h6-8,11,13-16,18H,9-10,12H2,1-5H3,(H,22,28)(H,23,27)/b8-6+,11-7+/t15-,16-,18-/m0/s1. The van der Waals surface area contributed by atoms with Crippen LogP contribution in [-0.4, -0.2) is 78.5 Å². The van der Waals surface area contributed by atoms with E-state index in [2.05, 4.69) is 10.6 Å². The molecule has 1 aliphatic heterocycles. The molecule has 0 aromatic heterocycles. The van der Waals surface area contributed by atoms with Crippen molar-refractivity contribution >= 4 is 29.9 Å². The molecule has 3 atom stereocenters. The summed E-state index contributed by atoms with van der Waals surface area (Å²) in [4.78, 5) is 63.7. The minimum atomic E-state index is -0.852. The summed E-state index contributed by atoms with van der Waals surface area (Å²) in [6.45, 7) is 5.62. The third-order valence-electron chi connectivity index (χ3n) is 5.09. The van der Waals surface area contributed by atoms with Gasteiger partial charge in [0.1, 0.15) is 24.4 Å². The molecule has 1 heterocycles. The molecule has 0 saturated carbocycles. The Morgan fingerprint density at radius 1 is 1.10 bits per heavy atom. The molecule has 1 aliphatic rings. The number of rotatable bonds is 5. The summed E-state index contributed by atoms with van der Waals surface area (Å²) in [6.07, 6.45) is 6.61. The van der Waals surface area contributed by atoms with Crippen molar-refractivity contribution in [1.29, 1.82) is 0 Å². The Hall–Kier alpha value is -2.97. The first-order valence-electron chi connectivity index (χ1n) is 10.0. The van der Waals surface area contributed by atoms with Gasteiger partial charge in [-0.05, 0) is 31.8 Å². The highest BCUT2D eigenvalue weighted by Crippen LogP contribution is 2.17. The molecule has 1 rings (SSSR count). The molecule has 0 aromatic carbocycles. The molecular weight excluding hydrogens is 388 g/mol. The highest BCUT2D eigenvalue weighted by Gasteiger charge is 2.37. The van der Waals surface area contributed by atoms with Crippen molar-refractivity contribution in [3.8, 4) is 0 Å². The molecule has 0 unspecified atom stereocenters. The van der Waals surface area contributed by atoms with Gasteiger partial charge in [-0.2, -0.15) is 0 Å². The summed E-state index contributed by atoms with van der Waals surface area (Å²) >= 11 is 0. The molecule has 0 aromatic rings. The monoisotopic (exact) mass is 420 g/mol. The Morgan fingerprint density at radius 3 is 2.37 bits per heavy atom. The van der Waals surface area contributed by atoms with Crippen LogP contribution in [0.2, 0.25) is 0 Å². The summed E-state index contributed by atoms with van der Waals surface area (Å²) < 4.78 is 0. The fourth-order valence-electron chi connectivity index (χ4n) is 3.25. The highest BCUT2D eigenvalue weighted by molar-refractivity contribution is 5.96. The van der Waals surface area contributed by atoms with E-state index < -0.39 is 24.0 Å². The Labute approximate surface area is 177 Å². The van der Waals surface area contributed by atoms with Gasteiger partial charge < -0.3 is 20.4 Å². The maximum absolute atomic E-state index is 13.2. The van der Waals surface area contributed by atoms with Crippen LogP contribution in [0, 0.1) is 5.92 Å². The van der Waals surface area contributed by atoms with Crippen LogP contribution in [0.25, 0.3) is 0 Å². The van der Waals surface area contributed by atoms with E-state index in [9.17, 15) is 24.0 Å². The van der Waals surface area contributed by atoms with Crippen LogP contribution in [0.1, 0.15) is 33.6 Å². The molecular formula is C21H32N4O5. The lowest BCUT2D eigenvalue weighted by atomic mass is 9.98. The lowest BCUT2D eigenvalue weighted by Gasteiger charge is -2.37. The first kappa shape index (κ1) is 25.1. The van der Waals surface area contributed by atoms with Crippen LogP contribution in [0.5, 0.6) is 0 Å². The fourth-order valence-corrected chi connectivity index (χ4v) is 3.25. The fraction of sp³-hybridized carbons (Fsp3) is 0.571. The van der Waals surface area contributed by atoms with Gasteiger partial charge in [-0.15, -0.1) is 0 Å². The van der Waals surface area contributed by atoms with Crippen molar-refractivity contribution in [2.75, 3.05) is 20.6 Å². The average molecular weight is 421 g/mol. The molecule has 9 nitrogen and oxygen atoms in total. The number of aldehydes is 1. The van der Waals surface area contributed by atoms with Gasteiger partial charge in [-0.25, -0.2) is 0 Å². The van der Waals surface area contributed by atoms with Crippen molar-refractivity contribution in [3.05, 3.63) is 24.3 Å². The van der Waals surface area contributed by atoms with Crippen LogP contribution in [0.3, 0.4) is 0 Å². The smallest absolute Gasteiger partial charge is 0.246 e. The lowest BCUT2D eigenvalue weighted by Crippen LogP contribution is -2.59. The maximum atomic E-state index is 13.2. The van der Waals surface area contributed by atoms with Gasteiger partial charge in [0.2, 0.25) is 23.6 Å². The quantitative estimate of drug-likeness (QED) is 0.370. The molecule has 2 N–H and O–H groups in total. The lowest BCUT2D eigenvalue weighted by molar-refractivity contribution is -0.150. The van der Waals surface area contributed by atoms with E-state index >= 15 is 0 Å². The summed E-state index contributed by atoms with van der Waals surface area (Å²) in [7, 11) is 3.08. The van der Waals surface area contributed by atoms with E-state index in [-0.39, 0.29) is 23.6 Å². The molecule has 9 heteroatoms. The van der Waals surface area contributed by atoms with Crippen molar-refractivity contribution in [3.63, 3.8) is 0 Å². The number of carbonyl (C=O) groups is 5. The van der Waals surface area contributed by atoms with E-state index in [4.69, 9.17) is 0 Å². The zero-order valence-corrected chi connectivity index (χ0v) is 18.3. The number of nitrogens with one attached hydrogen (secondary N) is 2. The minimum Gasteiger partial charge on any atom is -0.354 e. The average Bonchev–Trinajstić information content (AvgIpc) is 2.70. The van der Waals surface area contributed by atoms with Gasteiger partial charge in [0, 0.05) is 26.7 Å². The second-order valence-electron chi connectivity index (χ2n) is 7.64. The van der Waals surface area contributed by atoms with Crippen molar-refractivity contribution in [2.24, 2.45) is 5.92 Å². The van der Waals surface area contributed by atoms with Crippen LogP contribution in [0.15, 0.2) is 24.3 Å². The topological polar surface area (TPSA) is 116 Å². The minimum absolute atomic E-state index is 0.197. The predicted octanol–water partition coefficient (Wildman–Crippen LogP) is 0.0224. The molecule has 30 heavy (non-hydrogen) atoms. The van der Waals surface area contributed by atoms with E-state index in [1.165, 1.54) is 41.2 Å². The number of hydrogen-bond donors (Lipinski definition) is 2. The number of nitrogens with zero attached hydrogens (tertiary/aromatic N) is 2. The Balaban J connectivity index is 3.14. The van der Waals surface area contributed by atoms with Crippen molar-refractivity contribution in [2.45, 2.75) is 51.7 Å². The molecule has 0 bridgehead atoms. The van der Waals surface area contributed by atoms with Crippen LogP contribution >= 0.6 is 0 Å². The Bertz CT molecular complexity index is 716. The number of allylic oxidation sites excluding steroid dienone is 3. The normalized spacial score (nSPS) is 24.7. The van der Waals surface area contributed by atoms with Gasteiger partial charge in [0.15, 0.2) is 0 Å². The first-order chi connectivity index (χ1) is 14.1. The molecule has 166 valence electrons. The van der Waals surface area contributed by atoms with E-state index in [1.807, 2.05) is 13.8 Å². The van der Waals surface area contributed by atoms with Gasteiger partial charge in [0.05, 0.1) is 0 Å². The molecule has 0 radical (unpaired) electrons. The Kier molecular flexibility index (Phi) is 9.94. The third kappa shape index (κ3) is 6.82. The van der Waals surface area contributed by atoms with Gasteiger partial charge >= 0.3 is 0 Å². The zero-order valence-electron chi connectivity index (χ0n) is 18.3. The van der Waals surface area contributed by atoms with E-state index in [1.54, 1.807) is 14.0 Å². The van der Waals surface area contributed by atoms with Crippen molar-refractivity contribution < 1.29 is 24.0 Å². The second kappa shape index (κ2) is 11.9. The number of carbonyl (C=O) groups excluding carboxylic acids is 5.